The maximum Gasteiger partial charge on any atom is 0.335 e. The zero-order valence-electron chi connectivity index (χ0n) is 18.8. The number of aliphatic carboxylic acids is 2. The first-order chi connectivity index (χ1) is 17.3. The highest BCUT2D eigenvalue weighted by atomic mass is 16.4. The summed E-state index contributed by atoms with van der Waals surface area (Å²) in [5.41, 5.74) is 5.28. The van der Waals surface area contributed by atoms with Crippen molar-refractivity contribution in [3.8, 4) is 33.9 Å². The van der Waals surface area contributed by atoms with Crippen LogP contribution in [-0.2, 0) is 9.59 Å². The lowest BCUT2D eigenvalue weighted by Gasteiger charge is -2.05. The molecule has 0 atom stereocenters. The second-order valence-electron chi connectivity index (χ2n) is 7.78. The summed E-state index contributed by atoms with van der Waals surface area (Å²) in [5, 5.41) is 26.9. The minimum absolute atomic E-state index is 0.167. The molecule has 4 N–H and O–H groups in total. The van der Waals surface area contributed by atoms with Crippen molar-refractivity contribution in [2.45, 2.75) is 0 Å². The minimum atomic E-state index is -1.03. The minimum Gasteiger partial charge on any atom is -0.478 e. The van der Waals surface area contributed by atoms with Crippen molar-refractivity contribution in [3.63, 3.8) is 0 Å². The summed E-state index contributed by atoms with van der Waals surface area (Å²) in [4.78, 5) is 40.9. The predicted octanol–water partition coefficient (Wildman–Crippen LogP) is 5.30. The zero-order valence-corrected chi connectivity index (χ0v) is 18.8. The van der Waals surface area contributed by atoms with Crippen molar-refractivity contribution in [2.75, 3.05) is 0 Å². The molecular formula is C28H20N2O6. The van der Waals surface area contributed by atoms with Crippen molar-refractivity contribution in [3.05, 3.63) is 102 Å². The Balaban J connectivity index is 1.76. The normalized spacial score (nSPS) is 11.2. The molecule has 8 heteroatoms. The summed E-state index contributed by atoms with van der Waals surface area (Å²) in [6.07, 6.45) is 5.12. The van der Waals surface area contributed by atoms with Gasteiger partial charge in [0.25, 0.3) is 0 Å². The molecule has 0 fully saturated rings. The Hall–Kier alpha value is -5.24. The molecule has 0 radical (unpaired) electrons. The number of carbonyl (C=O) groups is 3. The highest BCUT2D eigenvalue weighted by Crippen LogP contribution is 2.33. The van der Waals surface area contributed by atoms with Gasteiger partial charge in [-0.2, -0.15) is 0 Å². The van der Waals surface area contributed by atoms with Crippen LogP contribution in [-0.4, -0.2) is 43.2 Å². The first-order valence-electron chi connectivity index (χ1n) is 10.8. The summed E-state index contributed by atoms with van der Waals surface area (Å²) in [5.74, 6) is -2.54. The van der Waals surface area contributed by atoms with Crippen LogP contribution in [0, 0.1) is 0 Å². The molecule has 1 heterocycles. The largest absolute Gasteiger partial charge is 0.478 e. The zero-order chi connectivity index (χ0) is 25.7. The third kappa shape index (κ3) is 5.63. The quantitative estimate of drug-likeness (QED) is 0.251. The maximum atomic E-state index is 11.2. The second-order valence-corrected chi connectivity index (χ2v) is 7.78. The number of benzene rings is 3. The van der Waals surface area contributed by atoms with Crippen LogP contribution in [0.2, 0.25) is 0 Å². The summed E-state index contributed by atoms with van der Waals surface area (Å²) >= 11 is 0. The fourth-order valence-corrected chi connectivity index (χ4v) is 3.55. The lowest BCUT2D eigenvalue weighted by molar-refractivity contribution is -0.132. The van der Waals surface area contributed by atoms with Gasteiger partial charge >= 0.3 is 17.9 Å². The first kappa shape index (κ1) is 23.9. The van der Waals surface area contributed by atoms with Gasteiger partial charge in [-0.3, -0.25) is 0 Å². The molecule has 0 amide bonds. The number of hydrogen-bond donors (Lipinski definition) is 4. The Bertz CT molecular complexity index is 1390. The van der Waals surface area contributed by atoms with Gasteiger partial charge in [0, 0.05) is 28.8 Å². The molecule has 36 heavy (non-hydrogen) atoms. The molecule has 4 aromatic rings. The van der Waals surface area contributed by atoms with Gasteiger partial charge < -0.3 is 20.3 Å². The molecule has 0 aliphatic rings. The third-order valence-corrected chi connectivity index (χ3v) is 5.33. The van der Waals surface area contributed by atoms with Gasteiger partial charge in [0.15, 0.2) is 0 Å². The fraction of sp³-hybridized carbons (Fsp3) is 0. The Labute approximate surface area is 205 Å². The van der Waals surface area contributed by atoms with Crippen LogP contribution < -0.4 is 0 Å². The van der Waals surface area contributed by atoms with E-state index in [4.69, 9.17) is 15.2 Å². The number of rotatable bonds is 8. The molecule has 8 nitrogen and oxygen atoms in total. The molecule has 1 aromatic heterocycles. The molecule has 0 saturated heterocycles. The number of carboxylic acids is 3. The molecule has 4 rings (SSSR count). The van der Waals surface area contributed by atoms with Gasteiger partial charge in [-0.05, 0) is 35.4 Å². The van der Waals surface area contributed by atoms with Crippen molar-refractivity contribution in [1.82, 2.24) is 9.97 Å². The van der Waals surface area contributed by atoms with Crippen molar-refractivity contribution >= 4 is 30.1 Å². The third-order valence-electron chi connectivity index (χ3n) is 5.33. The first-order valence-corrected chi connectivity index (χ1v) is 10.8. The smallest absolute Gasteiger partial charge is 0.335 e. The highest BCUT2D eigenvalue weighted by Gasteiger charge is 2.16. The van der Waals surface area contributed by atoms with Gasteiger partial charge in [-0.1, -0.05) is 60.7 Å². The van der Waals surface area contributed by atoms with Crippen LogP contribution in [0.4, 0.5) is 0 Å². The van der Waals surface area contributed by atoms with E-state index in [1.165, 1.54) is 24.3 Å². The number of aromatic carboxylic acids is 1. The van der Waals surface area contributed by atoms with E-state index in [-0.39, 0.29) is 5.56 Å². The number of carboxylic acid groups (broad SMARTS) is 3. The average molecular weight is 480 g/mol. The van der Waals surface area contributed by atoms with E-state index in [1.807, 2.05) is 24.3 Å². The summed E-state index contributed by atoms with van der Waals surface area (Å²) in [7, 11) is 0. The Morgan fingerprint density at radius 2 is 1.11 bits per heavy atom. The van der Waals surface area contributed by atoms with Crippen LogP contribution in [0.3, 0.4) is 0 Å². The Morgan fingerprint density at radius 3 is 1.58 bits per heavy atom. The van der Waals surface area contributed by atoms with Crippen molar-refractivity contribution in [1.29, 1.82) is 0 Å². The SMILES string of the molecule is O=C(O)/C=C/c1ccc(-c2nc(-c3ccc(C(=O)O)cc3)[nH]c2-c2ccc(/C=C/C(=O)O)cc2)cc1. The van der Waals surface area contributed by atoms with Gasteiger partial charge in [0.1, 0.15) is 5.82 Å². The number of hydrogen-bond acceptors (Lipinski definition) is 4. The van der Waals surface area contributed by atoms with Gasteiger partial charge in [-0.15, -0.1) is 0 Å². The van der Waals surface area contributed by atoms with Crippen LogP contribution in [0.15, 0.2) is 84.9 Å². The number of nitrogens with zero attached hydrogens (tertiary/aromatic N) is 1. The molecule has 0 unspecified atom stereocenters. The molecule has 0 saturated carbocycles. The molecular weight excluding hydrogens is 460 g/mol. The number of imidazole rings is 1. The Kier molecular flexibility index (Phi) is 6.87. The molecule has 0 aliphatic heterocycles. The van der Waals surface area contributed by atoms with Crippen LogP contribution in [0.1, 0.15) is 21.5 Å². The predicted molar refractivity (Wildman–Crippen MR) is 135 cm³/mol. The highest BCUT2D eigenvalue weighted by molar-refractivity contribution is 5.89. The van der Waals surface area contributed by atoms with E-state index >= 15 is 0 Å². The molecule has 178 valence electrons. The van der Waals surface area contributed by atoms with E-state index in [2.05, 4.69) is 4.98 Å². The number of H-pyrrole nitrogens is 1. The van der Waals surface area contributed by atoms with Crippen LogP contribution in [0.25, 0.3) is 46.1 Å². The fourth-order valence-electron chi connectivity index (χ4n) is 3.55. The molecule has 0 aliphatic carbocycles. The monoisotopic (exact) mass is 480 g/mol. The van der Waals surface area contributed by atoms with Crippen LogP contribution in [0.5, 0.6) is 0 Å². The average Bonchev–Trinajstić information content (AvgIpc) is 3.32. The van der Waals surface area contributed by atoms with Crippen molar-refractivity contribution < 1.29 is 29.7 Å². The summed E-state index contributed by atoms with van der Waals surface area (Å²) < 4.78 is 0. The number of aromatic nitrogens is 2. The molecule has 0 spiro atoms. The van der Waals surface area contributed by atoms with E-state index in [9.17, 15) is 19.5 Å². The van der Waals surface area contributed by atoms with E-state index in [0.29, 0.717) is 17.1 Å². The van der Waals surface area contributed by atoms with E-state index in [0.717, 1.165) is 40.1 Å². The van der Waals surface area contributed by atoms with Crippen LogP contribution >= 0.6 is 0 Å². The Morgan fingerprint density at radius 1 is 0.639 bits per heavy atom. The second kappa shape index (κ2) is 10.4. The maximum absolute atomic E-state index is 11.2. The van der Waals surface area contributed by atoms with Gasteiger partial charge in [0.05, 0.1) is 17.0 Å². The van der Waals surface area contributed by atoms with Crippen molar-refractivity contribution in [2.24, 2.45) is 0 Å². The lowest BCUT2D eigenvalue weighted by atomic mass is 10.0. The molecule has 3 aromatic carbocycles. The topological polar surface area (TPSA) is 141 Å². The number of aromatic amines is 1. The van der Waals surface area contributed by atoms with Gasteiger partial charge in [-0.25, -0.2) is 19.4 Å². The van der Waals surface area contributed by atoms with Gasteiger partial charge in [0.2, 0.25) is 0 Å². The van der Waals surface area contributed by atoms with E-state index in [1.54, 1.807) is 36.4 Å². The summed E-state index contributed by atoms with van der Waals surface area (Å²) in [6.45, 7) is 0. The molecule has 0 bridgehead atoms. The number of nitrogens with one attached hydrogen (secondary N) is 1. The van der Waals surface area contributed by atoms with E-state index < -0.39 is 17.9 Å². The summed E-state index contributed by atoms with van der Waals surface area (Å²) in [6, 6.07) is 20.9. The lowest BCUT2D eigenvalue weighted by Crippen LogP contribution is -1.95. The standard InChI is InChI=1S/C28H20N2O6/c31-23(32)15-5-17-1-7-19(8-2-17)25-26(20-9-3-18(4-10-20)6-16-24(33)34)30-27(29-25)21-11-13-22(14-12-21)28(35)36/h1-16H,(H,29,30)(H,31,32)(H,33,34)(H,35,36)/b15-5+,16-6+.